The predicted molar refractivity (Wildman–Crippen MR) is 94.9 cm³/mol. The molecule has 0 bridgehead atoms. The Kier molecular flexibility index (Phi) is 6.13. The second-order valence-electron chi connectivity index (χ2n) is 7.31. The maximum atomic E-state index is 14.3. The molecule has 0 aliphatic heterocycles. The van der Waals surface area contributed by atoms with E-state index in [-0.39, 0.29) is 5.56 Å². The third-order valence-corrected chi connectivity index (χ3v) is 5.30. The maximum absolute atomic E-state index is 14.3. The minimum absolute atomic E-state index is 0.190. The second kappa shape index (κ2) is 7.73. The summed E-state index contributed by atoms with van der Waals surface area (Å²) < 4.78 is 28.4. The van der Waals surface area contributed by atoms with Gasteiger partial charge in [0.15, 0.2) is 0 Å². The smallest absolute Gasteiger partial charge is 0.137 e. The Bertz CT molecular complexity index is 617. The molecule has 134 valence electrons. The number of halogens is 2. The largest absolute Gasteiger partial charge is 0.385 e. The fourth-order valence-electron chi connectivity index (χ4n) is 2.91. The summed E-state index contributed by atoms with van der Waals surface area (Å²) in [6.45, 7) is 7.64. The standard InChI is InChI=1S/C15H19F2NO.C5H10/c1-4-9(2)18-12-8-11(16)13(14(17)10(12)3)15(19)6-5-7-15;1-5-3-2-4-5/h8,19H,4-7H2,1-3H3;5H,2-4H2,1H3. The Morgan fingerprint density at radius 1 is 1.29 bits per heavy atom. The van der Waals surface area contributed by atoms with E-state index in [4.69, 9.17) is 0 Å². The first-order valence-corrected chi connectivity index (χ1v) is 9.04. The van der Waals surface area contributed by atoms with Gasteiger partial charge in [-0.15, -0.1) is 0 Å². The molecule has 3 rings (SSSR count). The molecule has 2 saturated carbocycles. The summed E-state index contributed by atoms with van der Waals surface area (Å²) in [5, 5.41) is 10.2. The Hall–Kier alpha value is -1.29. The summed E-state index contributed by atoms with van der Waals surface area (Å²) in [6, 6.07) is 1.23. The predicted octanol–water partition coefficient (Wildman–Crippen LogP) is 5.95. The van der Waals surface area contributed by atoms with Crippen LogP contribution in [0.2, 0.25) is 0 Å². The van der Waals surface area contributed by atoms with Crippen molar-refractivity contribution in [1.29, 1.82) is 0 Å². The fraction of sp³-hybridized carbons (Fsp3) is 0.650. The normalized spacial score (nSPS) is 19.9. The van der Waals surface area contributed by atoms with Crippen LogP contribution >= 0.6 is 0 Å². The number of nitrogens with zero attached hydrogens (tertiary/aromatic N) is 1. The van der Waals surface area contributed by atoms with Crippen molar-refractivity contribution in [3.8, 4) is 0 Å². The molecule has 0 aromatic heterocycles. The molecular weight excluding hydrogens is 308 g/mol. The Labute approximate surface area is 144 Å². The van der Waals surface area contributed by atoms with Gasteiger partial charge in [0.05, 0.1) is 16.9 Å². The highest BCUT2D eigenvalue weighted by Gasteiger charge is 2.41. The minimum Gasteiger partial charge on any atom is -0.385 e. The summed E-state index contributed by atoms with van der Waals surface area (Å²) >= 11 is 0. The molecule has 0 radical (unpaired) electrons. The van der Waals surface area contributed by atoms with Gasteiger partial charge in [-0.2, -0.15) is 0 Å². The van der Waals surface area contributed by atoms with Crippen molar-refractivity contribution >= 4 is 11.4 Å². The van der Waals surface area contributed by atoms with Crippen molar-refractivity contribution in [2.24, 2.45) is 10.9 Å². The molecule has 2 aliphatic rings. The summed E-state index contributed by atoms with van der Waals surface area (Å²) in [5.41, 5.74) is -0.104. The highest BCUT2D eigenvalue weighted by atomic mass is 19.1. The van der Waals surface area contributed by atoms with Gasteiger partial charge in [-0.1, -0.05) is 33.1 Å². The van der Waals surface area contributed by atoms with Gasteiger partial charge in [0.1, 0.15) is 11.6 Å². The average Bonchev–Trinajstić information content (AvgIpc) is 2.49. The zero-order valence-electron chi connectivity index (χ0n) is 15.3. The van der Waals surface area contributed by atoms with Gasteiger partial charge in [0, 0.05) is 17.3 Å². The second-order valence-corrected chi connectivity index (χ2v) is 7.31. The molecule has 0 atom stereocenters. The molecule has 2 fully saturated rings. The molecule has 1 aromatic rings. The number of hydrogen-bond acceptors (Lipinski definition) is 2. The minimum atomic E-state index is -1.33. The molecule has 0 heterocycles. The first-order chi connectivity index (χ1) is 11.3. The van der Waals surface area contributed by atoms with Gasteiger partial charge in [0.2, 0.25) is 0 Å². The highest BCUT2D eigenvalue weighted by Crippen LogP contribution is 2.45. The van der Waals surface area contributed by atoms with E-state index in [2.05, 4.69) is 11.9 Å². The molecule has 24 heavy (non-hydrogen) atoms. The van der Waals surface area contributed by atoms with Gasteiger partial charge >= 0.3 is 0 Å². The van der Waals surface area contributed by atoms with Crippen LogP contribution in [0.15, 0.2) is 11.1 Å². The lowest BCUT2D eigenvalue weighted by atomic mass is 9.74. The summed E-state index contributed by atoms with van der Waals surface area (Å²) in [5.74, 6) is -0.298. The van der Waals surface area contributed by atoms with E-state index in [1.807, 2.05) is 13.8 Å². The number of rotatable bonds is 3. The zero-order chi connectivity index (χ0) is 17.9. The van der Waals surface area contributed by atoms with Gasteiger partial charge in [-0.3, -0.25) is 4.99 Å². The molecule has 1 aromatic carbocycles. The molecule has 1 N–H and O–H groups in total. The van der Waals surface area contributed by atoms with Crippen LogP contribution in [0.25, 0.3) is 0 Å². The van der Waals surface area contributed by atoms with Crippen molar-refractivity contribution in [2.45, 2.75) is 78.2 Å². The summed E-state index contributed by atoms with van der Waals surface area (Å²) in [4.78, 5) is 4.22. The lowest BCUT2D eigenvalue weighted by Gasteiger charge is -2.37. The topological polar surface area (TPSA) is 32.6 Å². The molecule has 4 heteroatoms. The quantitative estimate of drug-likeness (QED) is 0.679. The van der Waals surface area contributed by atoms with E-state index in [0.29, 0.717) is 24.1 Å². The van der Waals surface area contributed by atoms with Gasteiger partial charge in [-0.05, 0) is 45.4 Å². The van der Waals surface area contributed by atoms with E-state index in [0.717, 1.165) is 24.5 Å². The van der Waals surface area contributed by atoms with Gasteiger partial charge in [0.25, 0.3) is 0 Å². The Balaban J connectivity index is 0.000000355. The van der Waals surface area contributed by atoms with Crippen LogP contribution in [0.3, 0.4) is 0 Å². The van der Waals surface area contributed by atoms with Crippen molar-refractivity contribution < 1.29 is 13.9 Å². The van der Waals surface area contributed by atoms with Crippen LogP contribution in [0, 0.1) is 24.5 Å². The van der Waals surface area contributed by atoms with E-state index in [1.54, 1.807) is 6.92 Å². The number of benzene rings is 1. The van der Waals surface area contributed by atoms with Gasteiger partial charge < -0.3 is 5.11 Å². The molecule has 0 saturated heterocycles. The molecular formula is C20H29F2NO. The molecule has 0 amide bonds. The van der Waals surface area contributed by atoms with Crippen molar-refractivity contribution in [1.82, 2.24) is 0 Å². The van der Waals surface area contributed by atoms with Crippen molar-refractivity contribution in [3.63, 3.8) is 0 Å². The van der Waals surface area contributed by atoms with Crippen LogP contribution in [0.1, 0.15) is 76.8 Å². The maximum Gasteiger partial charge on any atom is 0.137 e. The molecule has 0 spiro atoms. The van der Waals surface area contributed by atoms with E-state index in [9.17, 15) is 13.9 Å². The van der Waals surface area contributed by atoms with E-state index in [1.165, 1.54) is 25.3 Å². The van der Waals surface area contributed by atoms with Crippen LogP contribution in [-0.2, 0) is 5.60 Å². The lowest BCUT2D eigenvalue weighted by Crippen LogP contribution is -2.36. The summed E-state index contributed by atoms with van der Waals surface area (Å²) in [6.07, 6.45) is 6.81. The first-order valence-electron chi connectivity index (χ1n) is 9.04. The first kappa shape index (κ1) is 19.0. The van der Waals surface area contributed by atoms with Crippen molar-refractivity contribution in [2.75, 3.05) is 0 Å². The number of hydrogen-bond donors (Lipinski definition) is 1. The molecule has 2 nitrogen and oxygen atoms in total. The molecule has 0 unspecified atom stereocenters. The highest BCUT2D eigenvalue weighted by molar-refractivity contribution is 5.84. The van der Waals surface area contributed by atoms with E-state index < -0.39 is 17.2 Å². The monoisotopic (exact) mass is 337 g/mol. The van der Waals surface area contributed by atoms with Crippen molar-refractivity contribution in [3.05, 3.63) is 28.8 Å². The number of aliphatic imine (C=N–C) groups is 1. The average molecular weight is 337 g/mol. The van der Waals surface area contributed by atoms with Crippen LogP contribution in [0.4, 0.5) is 14.5 Å². The van der Waals surface area contributed by atoms with Crippen LogP contribution in [-0.4, -0.2) is 10.8 Å². The number of aliphatic hydroxyl groups is 1. The fourth-order valence-corrected chi connectivity index (χ4v) is 2.91. The molecule has 2 aliphatic carbocycles. The van der Waals surface area contributed by atoms with Gasteiger partial charge in [-0.25, -0.2) is 8.78 Å². The van der Waals surface area contributed by atoms with Crippen LogP contribution in [0.5, 0.6) is 0 Å². The Morgan fingerprint density at radius 2 is 1.88 bits per heavy atom. The third-order valence-electron chi connectivity index (χ3n) is 5.30. The lowest BCUT2D eigenvalue weighted by molar-refractivity contribution is -0.0447. The van der Waals surface area contributed by atoms with Crippen LogP contribution < -0.4 is 0 Å². The van der Waals surface area contributed by atoms with E-state index >= 15 is 0 Å². The summed E-state index contributed by atoms with van der Waals surface area (Å²) in [7, 11) is 0. The third kappa shape index (κ3) is 4.02. The zero-order valence-corrected chi connectivity index (χ0v) is 15.3. The SMILES string of the molecule is CC1CCC1.CCC(C)=Nc1cc(F)c(C2(O)CCC2)c(F)c1C. The Morgan fingerprint density at radius 3 is 2.25 bits per heavy atom.